The third-order valence-electron chi connectivity index (χ3n) is 2.96. The lowest BCUT2D eigenvalue weighted by molar-refractivity contribution is -0.115. The predicted molar refractivity (Wildman–Crippen MR) is 55.2 cm³/mol. The standard InChI is InChI=1S/C12H11NO/c14-11-7-3-6-10-12(11)8-4-1-2-5-9(8)13-10/h1-2,5H,3-4,6-7H2. The summed E-state index contributed by atoms with van der Waals surface area (Å²) in [4.78, 5) is 16.3. The number of nitrogens with zero attached hydrogens (tertiary/aromatic N) is 1. The van der Waals surface area contributed by atoms with Crippen molar-refractivity contribution in [3.05, 3.63) is 35.1 Å². The van der Waals surface area contributed by atoms with Gasteiger partial charge in [-0.2, -0.15) is 0 Å². The summed E-state index contributed by atoms with van der Waals surface area (Å²) in [5, 5.41) is 0. The van der Waals surface area contributed by atoms with Crippen LogP contribution in [0.15, 0.2) is 40.1 Å². The Hall–Kier alpha value is -1.44. The first-order valence-corrected chi connectivity index (χ1v) is 5.08. The molecule has 1 fully saturated rings. The van der Waals surface area contributed by atoms with E-state index in [1.807, 2.05) is 12.2 Å². The molecule has 0 aromatic carbocycles. The highest BCUT2D eigenvalue weighted by atomic mass is 16.1. The SMILES string of the molecule is O=C1CCCC2=NC3=CC=CCC3=C12. The topological polar surface area (TPSA) is 29.4 Å². The second-order valence-electron chi connectivity index (χ2n) is 3.87. The van der Waals surface area contributed by atoms with Crippen LogP contribution in [0.25, 0.3) is 0 Å². The van der Waals surface area contributed by atoms with E-state index in [9.17, 15) is 4.79 Å². The molecule has 0 aromatic rings. The van der Waals surface area contributed by atoms with Crippen molar-refractivity contribution in [2.75, 3.05) is 0 Å². The quantitative estimate of drug-likeness (QED) is 0.569. The number of rotatable bonds is 0. The van der Waals surface area contributed by atoms with E-state index in [-0.39, 0.29) is 0 Å². The Balaban J connectivity index is 2.17. The van der Waals surface area contributed by atoms with Crippen LogP contribution < -0.4 is 0 Å². The van der Waals surface area contributed by atoms with Crippen LogP contribution in [0.4, 0.5) is 0 Å². The van der Waals surface area contributed by atoms with Crippen molar-refractivity contribution in [1.82, 2.24) is 0 Å². The predicted octanol–water partition coefficient (Wildman–Crippen LogP) is 2.33. The maximum atomic E-state index is 11.7. The zero-order chi connectivity index (χ0) is 9.54. The Bertz CT molecular complexity index is 435. The summed E-state index contributed by atoms with van der Waals surface area (Å²) in [5.41, 5.74) is 4.15. The molecule has 2 nitrogen and oxygen atoms in total. The molecular weight excluding hydrogens is 174 g/mol. The molecule has 0 spiro atoms. The zero-order valence-electron chi connectivity index (χ0n) is 7.92. The van der Waals surface area contributed by atoms with Crippen molar-refractivity contribution in [1.29, 1.82) is 0 Å². The Labute approximate surface area is 82.7 Å². The molecule has 1 aliphatic heterocycles. The number of ketones is 1. The van der Waals surface area contributed by atoms with Gasteiger partial charge in [-0.15, -0.1) is 0 Å². The van der Waals surface area contributed by atoms with Gasteiger partial charge in [-0.05, 0) is 30.9 Å². The molecule has 0 aromatic heterocycles. The van der Waals surface area contributed by atoms with Crippen molar-refractivity contribution in [2.45, 2.75) is 25.7 Å². The van der Waals surface area contributed by atoms with E-state index in [0.717, 1.165) is 41.8 Å². The fraction of sp³-hybridized carbons (Fsp3) is 0.333. The summed E-state index contributed by atoms with van der Waals surface area (Å²) in [7, 11) is 0. The lowest BCUT2D eigenvalue weighted by Crippen LogP contribution is -2.17. The molecule has 3 rings (SSSR count). The van der Waals surface area contributed by atoms with Gasteiger partial charge >= 0.3 is 0 Å². The highest BCUT2D eigenvalue weighted by Crippen LogP contribution is 2.35. The summed E-state index contributed by atoms with van der Waals surface area (Å²) in [6.07, 6.45) is 9.63. The first-order valence-electron chi connectivity index (χ1n) is 5.08. The van der Waals surface area contributed by atoms with E-state index in [4.69, 9.17) is 0 Å². The van der Waals surface area contributed by atoms with Crippen LogP contribution in [0.3, 0.4) is 0 Å². The van der Waals surface area contributed by atoms with Crippen LogP contribution in [0.1, 0.15) is 25.7 Å². The van der Waals surface area contributed by atoms with Gasteiger partial charge in [0.25, 0.3) is 0 Å². The Kier molecular flexibility index (Phi) is 1.57. The summed E-state index contributed by atoms with van der Waals surface area (Å²) < 4.78 is 0. The van der Waals surface area contributed by atoms with E-state index in [2.05, 4.69) is 11.1 Å². The minimum Gasteiger partial charge on any atom is -0.294 e. The zero-order valence-corrected chi connectivity index (χ0v) is 7.92. The van der Waals surface area contributed by atoms with Crippen LogP contribution in [0, 0.1) is 0 Å². The smallest absolute Gasteiger partial charge is 0.165 e. The molecular formula is C12H11NO. The van der Waals surface area contributed by atoms with Crippen molar-refractivity contribution in [3.63, 3.8) is 0 Å². The molecule has 2 aliphatic carbocycles. The lowest BCUT2D eigenvalue weighted by Gasteiger charge is -2.13. The van der Waals surface area contributed by atoms with Gasteiger partial charge < -0.3 is 0 Å². The maximum absolute atomic E-state index is 11.7. The molecule has 0 atom stereocenters. The third-order valence-corrected chi connectivity index (χ3v) is 2.96. The molecule has 0 radical (unpaired) electrons. The first-order chi connectivity index (χ1) is 6.86. The number of hydrogen-bond acceptors (Lipinski definition) is 2. The fourth-order valence-electron chi connectivity index (χ4n) is 2.31. The van der Waals surface area contributed by atoms with Gasteiger partial charge in [0.05, 0.1) is 11.4 Å². The number of hydrogen-bond donors (Lipinski definition) is 0. The molecule has 0 bridgehead atoms. The van der Waals surface area contributed by atoms with Gasteiger partial charge in [-0.25, -0.2) is 0 Å². The van der Waals surface area contributed by atoms with Crippen molar-refractivity contribution in [3.8, 4) is 0 Å². The Morgan fingerprint density at radius 2 is 2.21 bits per heavy atom. The first kappa shape index (κ1) is 7.92. The molecule has 0 unspecified atom stereocenters. The molecule has 0 amide bonds. The summed E-state index contributed by atoms with van der Waals surface area (Å²) in [6, 6.07) is 0. The van der Waals surface area contributed by atoms with Gasteiger partial charge in [-0.3, -0.25) is 9.79 Å². The second-order valence-corrected chi connectivity index (χ2v) is 3.87. The van der Waals surface area contributed by atoms with Crippen LogP contribution in [0.2, 0.25) is 0 Å². The van der Waals surface area contributed by atoms with Crippen LogP contribution in [0.5, 0.6) is 0 Å². The van der Waals surface area contributed by atoms with Crippen LogP contribution in [-0.4, -0.2) is 11.5 Å². The number of aliphatic imine (C=N–C) groups is 1. The minimum absolute atomic E-state index is 0.295. The maximum Gasteiger partial charge on any atom is 0.165 e. The van der Waals surface area contributed by atoms with Gasteiger partial charge in [0.2, 0.25) is 0 Å². The summed E-state index contributed by atoms with van der Waals surface area (Å²) in [5.74, 6) is 0.295. The van der Waals surface area contributed by atoms with Crippen LogP contribution in [-0.2, 0) is 4.79 Å². The largest absolute Gasteiger partial charge is 0.294 e. The van der Waals surface area contributed by atoms with Gasteiger partial charge in [0.15, 0.2) is 5.78 Å². The average molecular weight is 185 g/mol. The summed E-state index contributed by atoms with van der Waals surface area (Å²) in [6.45, 7) is 0. The van der Waals surface area contributed by atoms with E-state index in [1.54, 1.807) is 0 Å². The molecule has 3 aliphatic rings. The lowest BCUT2D eigenvalue weighted by atomic mass is 9.87. The van der Waals surface area contributed by atoms with Crippen LogP contribution >= 0.6 is 0 Å². The molecule has 1 heterocycles. The average Bonchev–Trinajstić information content (AvgIpc) is 2.57. The fourth-order valence-corrected chi connectivity index (χ4v) is 2.31. The van der Waals surface area contributed by atoms with Crippen molar-refractivity contribution < 1.29 is 4.79 Å². The van der Waals surface area contributed by atoms with E-state index in [1.165, 1.54) is 0 Å². The van der Waals surface area contributed by atoms with Gasteiger partial charge in [-0.1, -0.05) is 12.2 Å². The monoisotopic (exact) mass is 185 g/mol. The molecule has 14 heavy (non-hydrogen) atoms. The van der Waals surface area contributed by atoms with Crippen molar-refractivity contribution >= 4 is 11.5 Å². The number of Topliss-reactive ketones (excluding diaryl/α,β-unsaturated/α-hetero) is 1. The Morgan fingerprint density at radius 3 is 3.14 bits per heavy atom. The van der Waals surface area contributed by atoms with Gasteiger partial charge in [0, 0.05) is 12.0 Å². The molecule has 2 heteroatoms. The number of fused-ring (bicyclic) bond motifs is 2. The van der Waals surface area contributed by atoms with E-state index < -0.39 is 0 Å². The third kappa shape index (κ3) is 0.969. The molecule has 70 valence electrons. The van der Waals surface area contributed by atoms with E-state index in [0.29, 0.717) is 12.2 Å². The Morgan fingerprint density at radius 1 is 1.29 bits per heavy atom. The number of carbonyl (C=O) groups is 1. The molecule has 0 saturated heterocycles. The van der Waals surface area contributed by atoms with Crippen molar-refractivity contribution in [2.24, 2.45) is 4.99 Å². The second kappa shape index (κ2) is 2.77. The number of allylic oxidation sites excluding steroid dienone is 5. The minimum atomic E-state index is 0.295. The number of carbonyl (C=O) groups excluding carboxylic acids is 1. The summed E-state index contributed by atoms with van der Waals surface area (Å²) >= 11 is 0. The normalized spacial score (nSPS) is 24.4. The molecule has 1 saturated carbocycles. The highest BCUT2D eigenvalue weighted by molar-refractivity contribution is 6.26. The van der Waals surface area contributed by atoms with E-state index >= 15 is 0 Å². The molecule has 0 N–H and O–H groups in total. The van der Waals surface area contributed by atoms with Gasteiger partial charge in [0.1, 0.15) is 0 Å². The highest BCUT2D eigenvalue weighted by Gasteiger charge is 2.30.